The van der Waals surface area contributed by atoms with E-state index >= 15 is 0 Å². The summed E-state index contributed by atoms with van der Waals surface area (Å²) in [7, 11) is 1.87. The Kier molecular flexibility index (Phi) is 6.38. The van der Waals surface area contributed by atoms with Crippen molar-refractivity contribution in [1.29, 1.82) is 0 Å². The monoisotopic (exact) mass is 488 g/mol. The second-order valence-corrected chi connectivity index (χ2v) is 9.18. The van der Waals surface area contributed by atoms with Crippen LogP contribution in [0.2, 0.25) is 5.02 Å². The summed E-state index contributed by atoms with van der Waals surface area (Å²) in [5.74, 6) is 1.22. The van der Waals surface area contributed by atoms with Gasteiger partial charge in [0.1, 0.15) is 17.6 Å². The molecule has 0 aliphatic heterocycles. The van der Waals surface area contributed by atoms with Crippen LogP contribution in [0.5, 0.6) is 5.75 Å². The SMILES string of the molecule is Cn1c(COc2ccccc2Cl)nnc1S[C@@H](C(=O)c1c[nH]c2ccccc12)c1ccccc1. The lowest BCUT2D eigenvalue weighted by atomic mass is 10.0. The van der Waals surface area contributed by atoms with Gasteiger partial charge < -0.3 is 14.3 Å². The van der Waals surface area contributed by atoms with E-state index < -0.39 is 5.25 Å². The molecule has 0 spiro atoms. The van der Waals surface area contributed by atoms with Gasteiger partial charge in [-0.05, 0) is 23.8 Å². The van der Waals surface area contributed by atoms with E-state index in [2.05, 4.69) is 15.2 Å². The average molecular weight is 489 g/mol. The summed E-state index contributed by atoms with van der Waals surface area (Å²) in [5.41, 5.74) is 2.49. The first-order chi connectivity index (χ1) is 16.6. The summed E-state index contributed by atoms with van der Waals surface area (Å²) in [6.45, 7) is 0.209. The molecule has 0 unspecified atom stereocenters. The molecule has 3 aromatic carbocycles. The summed E-state index contributed by atoms with van der Waals surface area (Å²) >= 11 is 7.56. The second-order valence-electron chi connectivity index (χ2n) is 7.70. The molecule has 2 heterocycles. The van der Waals surface area contributed by atoms with E-state index in [1.807, 2.05) is 78.3 Å². The van der Waals surface area contributed by atoms with Crippen LogP contribution in [0, 0.1) is 0 Å². The third kappa shape index (κ3) is 4.44. The Balaban J connectivity index is 1.42. The molecular formula is C26H21ClN4O2S. The molecule has 1 N–H and O–H groups in total. The van der Waals surface area contributed by atoms with Crippen LogP contribution >= 0.6 is 23.4 Å². The van der Waals surface area contributed by atoms with Crippen molar-refractivity contribution in [3.05, 3.63) is 107 Å². The van der Waals surface area contributed by atoms with Crippen molar-refractivity contribution in [3.63, 3.8) is 0 Å². The normalized spacial score (nSPS) is 12.1. The number of aromatic amines is 1. The molecule has 8 heteroatoms. The Hall–Kier alpha value is -3.55. The highest BCUT2D eigenvalue weighted by atomic mass is 35.5. The fourth-order valence-corrected chi connectivity index (χ4v) is 4.98. The van der Waals surface area contributed by atoms with E-state index in [1.54, 1.807) is 18.3 Å². The molecule has 0 fully saturated rings. The summed E-state index contributed by atoms with van der Waals surface area (Å²) < 4.78 is 7.67. The molecule has 6 nitrogen and oxygen atoms in total. The number of benzene rings is 3. The molecule has 0 amide bonds. The smallest absolute Gasteiger partial charge is 0.192 e. The van der Waals surface area contributed by atoms with Crippen LogP contribution in [-0.4, -0.2) is 25.5 Å². The van der Waals surface area contributed by atoms with Crippen molar-refractivity contribution < 1.29 is 9.53 Å². The van der Waals surface area contributed by atoms with Crippen molar-refractivity contribution in [2.75, 3.05) is 0 Å². The molecule has 0 aliphatic carbocycles. The van der Waals surface area contributed by atoms with Gasteiger partial charge in [-0.2, -0.15) is 0 Å². The number of ketones is 1. The predicted molar refractivity (Wildman–Crippen MR) is 134 cm³/mol. The van der Waals surface area contributed by atoms with Gasteiger partial charge in [0.15, 0.2) is 16.8 Å². The zero-order chi connectivity index (χ0) is 23.5. The number of para-hydroxylation sites is 2. The fourth-order valence-electron chi connectivity index (χ4n) is 3.70. The Bertz CT molecular complexity index is 1450. The van der Waals surface area contributed by atoms with Gasteiger partial charge in [-0.3, -0.25) is 4.79 Å². The summed E-state index contributed by atoms with van der Waals surface area (Å²) in [4.78, 5) is 17.0. The molecule has 0 radical (unpaired) electrons. The lowest BCUT2D eigenvalue weighted by Gasteiger charge is -2.15. The molecule has 0 aliphatic rings. The summed E-state index contributed by atoms with van der Waals surface area (Å²) in [5, 5.41) is 10.2. The van der Waals surface area contributed by atoms with E-state index in [1.165, 1.54) is 11.8 Å². The van der Waals surface area contributed by atoms with Crippen LogP contribution in [0.15, 0.2) is 90.2 Å². The number of aromatic nitrogens is 4. The predicted octanol–water partition coefficient (Wildman–Crippen LogP) is 6.25. The van der Waals surface area contributed by atoms with Gasteiger partial charge in [0.2, 0.25) is 0 Å². The Morgan fingerprint density at radius 2 is 1.76 bits per heavy atom. The number of rotatable bonds is 8. The number of nitrogens with zero attached hydrogens (tertiary/aromatic N) is 3. The van der Waals surface area contributed by atoms with Crippen LogP contribution in [0.3, 0.4) is 0 Å². The number of thioether (sulfide) groups is 1. The minimum Gasteiger partial charge on any atom is -0.484 e. The number of ether oxygens (including phenoxy) is 1. The first kappa shape index (κ1) is 22.3. The number of H-pyrrole nitrogens is 1. The quantitative estimate of drug-likeness (QED) is 0.206. The van der Waals surface area contributed by atoms with Crippen LogP contribution in [0.4, 0.5) is 0 Å². The number of hydrogen-bond acceptors (Lipinski definition) is 5. The van der Waals surface area contributed by atoms with Crippen molar-refractivity contribution in [1.82, 2.24) is 19.7 Å². The third-order valence-corrected chi connectivity index (χ3v) is 7.14. The highest BCUT2D eigenvalue weighted by molar-refractivity contribution is 8.00. The zero-order valence-electron chi connectivity index (χ0n) is 18.3. The minimum atomic E-state index is -0.486. The van der Waals surface area contributed by atoms with Gasteiger partial charge in [-0.15, -0.1) is 10.2 Å². The molecule has 1 atom stereocenters. The van der Waals surface area contributed by atoms with Crippen LogP contribution in [0.25, 0.3) is 10.9 Å². The maximum Gasteiger partial charge on any atom is 0.192 e. The zero-order valence-corrected chi connectivity index (χ0v) is 19.9. The molecule has 5 aromatic rings. The Morgan fingerprint density at radius 1 is 1.03 bits per heavy atom. The molecule has 170 valence electrons. The molecule has 0 bridgehead atoms. The van der Waals surface area contributed by atoms with Crippen molar-refractivity contribution in [3.8, 4) is 5.75 Å². The topological polar surface area (TPSA) is 72.8 Å². The summed E-state index contributed by atoms with van der Waals surface area (Å²) in [6.07, 6.45) is 1.78. The standard InChI is InChI=1S/C26H21ClN4O2S/c1-31-23(16-33-22-14-8-6-12-20(22)27)29-30-26(31)34-25(17-9-3-2-4-10-17)24(32)19-15-28-21-13-7-5-11-18(19)21/h2-15,25,28H,16H2,1H3/t25-/m1/s1. The van der Waals surface area contributed by atoms with Crippen molar-refractivity contribution in [2.45, 2.75) is 17.0 Å². The molecule has 2 aromatic heterocycles. The van der Waals surface area contributed by atoms with E-state index in [-0.39, 0.29) is 12.4 Å². The Morgan fingerprint density at radius 3 is 2.59 bits per heavy atom. The first-order valence-electron chi connectivity index (χ1n) is 10.7. The van der Waals surface area contributed by atoms with E-state index in [9.17, 15) is 4.79 Å². The Labute approximate surface area is 205 Å². The lowest BCUT2D eigenvalue weighted by Crippen LogP contribution is -2.11. The van der Waals surface area contributed by atoms with E-state index in [0.717, 1.165) is 16.5 Å². The van der Waals surface area contributed by atoms with Crippen molar-refractivity contribution >= 4 is 40.0 Å². The van der Waals surface area contributed by atoms with E-state index in [0.29, 0.717) is 27.3 Å². The van der Waals surface area contributed by atoms with Gasteiger partial charge in [-0.25, -0.2) is 0 Å². The number of nitrogens with one attached hydrogen (secondary N) is 1. The van der Waals surface area contributed by atoms with Gasteiger partial charge in [0.25, 0.3) is 0 Å². The van der Waals surface area contributed by atoms with Gasteiger partial charge >= 0.3 is 0 Å². The number of carbonyl (C=O) groups is 1. The van der Waals surface area contributed by atoms with Gasteiger partial charge in [0, 0.05) is 29.7 Å². The van der Waals surface area contributed by atoms with Crippen LogP contribution < -0.4 is 4.74 Å². The third-order valence-electron chi connectivity index (χ3n) is 5.54. The second kappa shape index (κ2) is 9.75. The van der Waals surface area contributed by atoms with Gasteiger partial charge in [0.05, 0.1) is 5.02 Å². The van der Waals surface area contributed by atoms with E-state index in [4.69, 9.17) is 16.3 Å². The lowest BCUT2D eigenvalue weighted by molar-refractivity contribution is 0.0991. The first-order valence-corrected chi connectivity index (χ1v) is 11.9. The minimum absolute atomic E-state index is 0.00511. The fraction of sp³-hybridized carbons (Fsp3) is 0.115. The number of hydrogen-bond donors (Lipinski definition) is 1. The maximum absolute atomic E-state index is 13.8. The average Bonchev–Trinajstić information content (AvgIpc) is 3.45. The van der Waals surface area contributed by atoms with Crippen LogP contribution in [0.1, 0.15) is 27.0 Å². The highest BCUT2D eigenvalue weighted by Gasteiger charge is 2.27. The number of carbonyl (C=O) groups excluding carboxylic acids is 1. The number of halogens is 1. The molecule has 0 saturated carbocycles. The van der Waals surface area contributed by atoms with Crippen LogP contribution in [-0.2, 0) is 13.7 Å². The maximum atomic E-state index is 13.8. The molecule has 5 rings (SSSR count). The highest BCUT2D eigenvalue weighted by Crippen LogP contribution is 2.38. The van der Waals surface area contributed by atoms with Crippen molar-refractivity contribution in [2.24, 2.45) is 7.05 Å². The molecule has 0 saturated heterocycles. The number of fused-ring (bicyclic) bond motifs is 1. The van der Waals surface area contributed by atoms with Gasteiger partial charge in [-0.1, -0.05) is 84.0 Å². The molecule has 34 heavy (non-hydrogen) atoms. The summed E-state index contributed by atoms with van der Waals surface area (Å²) in [6, 6.07) is 24.8. The number of Topliss-reactive ketones (excluding diaryl/α,β-unsaturated/α-hetero) is 1. The molecular weight excluding hydrogens is 468 g/mol. The largest absolute Gasteiger partial charge is 0.484 e.